The number of fused-ring (bicyclic) bond motifs is 1. The number of benzene rings is 3. The van der Waals surface area contributed by atoms with Gasteiger partial charge in [0.05, 0.1) is 23.6 Å². The number of hydrogen-bond acceptors (Lipinski definition) is 4. The standard InChI is InChI=1S/C29H30ClN3O2/c1-3-32-15-7-8-20(18-32)19-33-28(24-11-4-5-12-27(24)35-2)31-26-14-13-22(17-25(26)29(33)34)21-9-6-10-23(30)16-21/h4-6,9-14,16-17,20H,3,7-8,15,18-19H2,1-2H3. The minimum absolute atomic E-state index is 0.0200. The summed E-state index contributed by atoms with van der Waals surface area (Å²) in [4.78, 5) is 21.5. The molecule has 5 nitrogen and oxygen atoms in total. The molecule has 1 unspecified atom stereocenters. The monoisotopic (exact) mass is 487 g/mol. The number of ether oxygens (including phenoxy) is 1. The van der Waals surface area contributed by atoms with Gasteiger partial charge in [-0.3, -0.25) is 9.36 Å². The maximum absolute atomic E-state index is 14.0. The van der Waals surface area contributed by atoms with Crippen molar-refractivity contribution in [2.45, 2.75) is 26.3 Å². The molecule has 3 aromatic carbocycles. The van der Waals surface area contributed by atoms with Gasteiger partial charge in [0.1, 0.15) is 11.6 Å². The zero-order valence-corrected chi connectivity index (χ0v) is 21.0. The zero-order valence-electron chi connectivity index (χ0n) is 20.2. The molecule has 180 valence electrons. The Balaban J connectivity index is 1.67. The lowest BCUT2D eigenvalue weighted by Gasteiger charge is -2.32. The van der Waals surface area contributed by atoms with Crippen molar-refractivity contribution in [3.8, 4) is 28.3 Å². The van der Waals surface area contributed by atoms with E-state index in [0.717, 1.165) is 49.2 Å². The molecule has 0 amide bonds. The summed E-state index contributed by atoms with van der Waals surface area (Å²) in [5.41, 5.74) is 3.41. The van der Waals surface area contributed by atoms with Crippen molar-refractivity contribution in [1.29, 1.82) is 0 Å². The maximum atomic E-state index is 14.0. The number of piperidine rings is 1. The highest BCUT2D eigenvalue weighted by Gasteiger charge is 2.23. The molecule has 1 atom stereocenters. The largest absolute Gasteiger partial charge is 0.496 e. The molecule has 1 aliphatic heterocycles. The number of hydrogen-bond donors (Lipinski definition) is 0. The normalized spacial score (nSPS) is 16.5. The van der Waals surface area contributed by atoms with Crippen LogP contribution in [0.3, 0.4) is 0 Å². The van der Waals surface area contributed by atoms with Crippen LogP contribution in [0.5, 0.6) is 5.75 Å². The number of aromatic nitrogens is 2. The third-order valence-electron chi connectivity index (χ3n) is 6.95. The van der Waals surface area contributed by atoms with Gasteiger partial charge in [-0.15, -0.1) is 0 Å². The summed E-state index contributed by atoms with van der Waals surface area (Å²) in [6, 6.07) is 21.3. The van der Waals surface area contributed by atoms with Gasteiger partial charge in [0.2, 0.25) is 0 Å². The molecule has 0 bridgehead atoms. The highest BCUT2D eigenvalue weighted by atomic mass is 35.5. The van der Waals surface area contributed by atoms with Gasteiger partial charge in [-0.2, -0.15) is 0 Å². The van der Waals surface area contributed by atoms with Gasteiger partial charge in [0.25, 0.3) is 5.56 Å². The van der Waals surface area contributed by atoms with Gasteiger partial charge in [-0.25, -0.2) is 4.98 Å². The van der Waals surface area contributed by atoms with Crippen LogP contribution in [0.4, 0.5) is 0 Å². The first-order chi connectivity index (χ1) is 17.1. The molecule has 35 heavy (non-hydrogen) atoms. The molecule has 0 spiro atoms. The van der Waals surface area contributed by atoms with Crippen LogP contribution >= 0.6 is 11.6 Å². The van der Waals surface area contributed by atoms with E-state index in [0.29, 0.717) is 40.0 Å². The summed E-state index contributed by atoms with van der Waals surface area (Å²) in [6.45, 7) is 5.98. The molecule has 4 aromatic rings. The molecule has 0 N–H and O–H groups in total. The van der Waals surface area contributed by atoms with Gasteiger partial charge >= 0.3 is 0 Å². The predicted molar refractivity (Wildman–Crippen MR) is 143 cm³/mol. The SMILES string of the molecule is CCN1CCCC(Cn2c(-c3ccccc3OC)nc3ccc(-c4cccc(Cl)c4)cc3c2=O)C1. The van der Waals surface area contributed by atoms with Crippen molar-refractivity contribution in [1.82, 2.24) is 14.5 Å². The quantitative estimate of drug-likeness (QED) is 0.328. The van der Waals surface area contributed by atoms with E-state index >= 15 is 0 Å². The van der Waals surface area contributed by atoms with Crippen LogP contribution in [0, 0.1) is 5.92 Å². The van der Waals surface area contributed by atoms with E-state index in [1.165, 1.54) is 0 Å². The molecule has 1 saturated heterocycles. The fourth-order valence-corrected chi connectivity index (χ4v) is 5.31. The molecule has 2 heterocycles. The van der Waals surface area contributed by atoms with E-state index in [1.54, 1.807) is 7.11 Å². The van der Waals surface area contributed by atoms with Crippen LogP contribution in [-0.4, -0.2) is 41.2 Å². The first kappa shape index (κ1) is 23.6. The van der Waals surface area contributed by atoms with E-state index in [4.69, 9.17) is 21.3 Å². The second kappa shape index (κ2) is 10.2. The van der Waals surface area contributed by atoms with Gasteiger partial charge in [0, 0.05) is 18.1 Å². The van der Waals surface area contributed by atoms with Crippen LogP contribution in [0.15, 0.2) is 71.5 Å². The Labute approximate surface area is 210 Å². The third kappa shape index (κ3) is 4.84. The number of likely N-dealkylation sites (tertiary alicyclic amines) is 1. The molecule has 6 heteroatoms. The van der Waals surface area contributed by atoms with E-state index in [1.807, 2.05) is 71.3 Å². The highest BCUT2D eigenvalue weighted by Crippen LogP contribution is 2.31. The van der Waals surface area contributed by atoms with E-state index in [9.17, 15) is 4.79 Å². The van der Waals surface area contributed by atoms with Gasteiger partial charge in [-0.1, -0.05) is 48.9 Å². The number of rotatable bonds is 6. The lowest BCUT2D eigenvalue weighted by Crippen LogP contribution is -2.38. The number of halogens is 1. The summed E-state index contributed by atoms with van der Waals surface area (Å²) in [5.74, 6) is 1.76. The van der Waals surface area contributed by atoms with E-state index in [2.05, 4.69) is 11.8 Å². The van der Waals surface area contributed by atoms with Crippen molar-refractivity contribution in [2.24, 2.45) is 5.92 Å². The minimum Gasteiger partial charge on any atom is -0.496 e. The van der Waals surface area contributed by atoms with Gasteiger partial charge in [-0.05, 0) is 79.4 Å². The van der Waals surface area contributed by atoms with Crippen LogP contribution in [-0.2, 0) is 6.54 Å². The lowest BCUT2D eigenvalue weighted by molar-refractivity contribution is 0.169. The Morgan fingerprint density at radius 3 is 2.69 bits per heavy atom. The summed E-state index contributed by atoms with van der Waals surface area (Å²) in [6.07, 6.45) is 2.26. The van der Waals surface area contributed by atoms with Crippen molar-refractivity contribution < 1.29 is 4.74 Å². The zero-order chi connectivity index (χ0) is 24.4. The summed E-state index contributed by atoms with van der Waals surface area (Å²) < 4.78 is 7.51. The average Bonchev–Trinajstić information content (AvgIpc) is 2.90. The molecule has 0 saturated carbocycles. The van der Waals surface area contributed by atoms with Crippen molar-refractivity contribution in [3.05, 3.63) is 82.1 Å². The summed E-state index contributed by atoms with van der Waals surface area (Å²) >= 11 is 6.22. The Hall–Kier alpha value is -3.15. The van der Waals surface area contributed by atoms with E-state index < -0.39 is 0 Å². The lowest BCUT2D eigenvalue weighted by atomic mass is 9.97. The Morgan fingerprint density at radius 2 is 1.89 bits per heavy atom. The number of nitrogens with zero attached hydrogens (tertiary/aromatic N) is 3. The van der Waals surface area contributed by atoms with E-state index in [-0.39, 0.29) is 5.56 Å². The van der Waals surface area contributed by atoms with Gasteiger partial charge in [0.15, 0.2) is 0 Å². The topological polar surface area (TPSA) is 47.4 Å². The fraction of sp³-hybridized carbons (Fsp3) is 0.310. The third-order valence-corrected chi connectivity index (χ3v) is 7.19. The Bertz CT molecular complexity index is 1410. The Morgan fingerprint density at radius 1 is 1.06 bits per heavy atom. The smallest absolute Gasteiger partial charge is 0.261 e. The maximum Gasteiger partial charge on any atom is 0.261 e. The predicted octanol–water partition coefficient (Wildman–Crippen LogP) is 6.12. The number of para-hydroxylation sites is 1. The molecule has 0 aliphatic carbocycles. The average molecular weight is 488 g/mol. The first-order valence-corrected chi connectivity index (χ1v) is 12.6. The number of methoxy groups -OCH3 is 1. The molecule has 5 rings (SSSR count). The van der Waals surface area contributed by atoms with Crippen LogP contribution in [0.1, 0.15) is 19.8 Å². The minimum atomic E-state index is -0.0200. The molecular weight excluding hydrogens is 458 g/mol. The molecule has 1 fully saturated rings. The second-order valence-corrected chi connectivity index (χ2v) is 9.63. The van der Waals surface area contributed by atoms with Gasteiger partial charge < -0.3 is 9.64 Å². The Kier molecular flexibility index (Phi) is 6.89. The second-order valence-electron chi connectivity index (χ2n) is 9.20. The summed E-state index contributed by atoms with van der Waals surface area (Å²) in [5, 5.41) is 1.28. The van der Waals surface area contributed by atoms with Crippen LogP contribution in [0.25, 0.3) is 33.4 Å². The molecule has 0 radical (unpaired) electrons. The highest BCUT2D eigenvalue weighted by molar-refractivity contribution is 6.30. The van der Waals surface area contributed by atoms with Crippen molar-refractivity contribution in [2.75, 3.05) is 26.7 Å². The fourth-order valence-electron chi connectivity index (χ4n) is 5.12. The van der Waals surface area contributed by atoms with Crippen LogP contribution in [0.2, 0.25) is 5.02 Å². The van der Waals surface area contributed by atoms with Crippen LogP contribution < -0.4 is 10.3 Å². The molecule has 1 aliphatic rings. The first-order valence-electron chi connectivity index (χ1n) is 12.2. The molecule has 1 aromatic heterocycles. The van der Waals surface area contributed by atoms with Crippen molar-refractivity contribution in [3.63, 3.8) is 0 Å². The summed E-state index contributed by atoms with van der Waals surface area (Å²) in [7, 11) is 1.65. The van der Waals surface area contributed by atoms with Crippen molar-refractivity contribution >= 4 is 22.5 Å². The molecular formula is C29H30ClN3O2.